The Balaban J connectivity index is 2.49. The summed E-state index contributed by atoms with van der Waals surface area (Å²) < 4.78 is 31.7. The summed E-state index contributed by atoms with van der Waals surface area (Å²) in [7, 11) is -4.07. The third kappa shape index (κ3) is 2.08. The molecule has 1 aromatic carbocycles. The summed E-state index contributed by atoms with van der Waals surface area (Å²) in [5.41, 5.74) is 6.97. The maximum absolute atomic E-state index is 11.2. The zero-order valence-corrected chi connectivity index (χ0v) is 9.87. The van der Waals surface area contributed by atoms with Gasteiger partial charge in [-0.3, -0.25) is 0 Å². The Morgan fingerprint density at radius 2 is 2.18 bits per heavy atom. The Kier molecular flexibility index (Phi) is 2.76. The predicted molar refractivity (Wildman–Crippen MR) is 61.3 cm³/mol. The molecule has 0 radical (unpaired) electrons. The van der Waals surface area contributed by atoms with Crippen LogP contribution in [0.2, 0.25) is 0 Å². The highest BCUT2D eigenvalue weighted by atomic mass is 32.3. The van der Waals surface area contributed by atoms with E-state index in [0.717, 1.165) is 0 Å². The Hall–Kier alpha value is -1.67. The average molecular weight is 260 g/mol. The molecule has 4 N–H and O–H groups in total. The van der Waals surface area contributed by atoms with Crippen molar-refractivity contribution >= 4 is 21.8 Å². The number of benzene rings is 1. The SMILES string of the molecule is Cc1c(NCCO)cc2c(N)c1OS(=O)(=O)O2. The van der Waals surface area contributed by atoms with E-state index in [9.17, 15) is 8.42 Å². The maximum atomic E-state index is 11.2. The first-order valence-electron chi connectivity index (χ1n) is 4.86. The highest BCUT2D eigenvalue weighted by Gasteiger charge is 2.30. The molecule has 17 heavy (non-hydrogen) atoms. The second kappa shape index (κ2) is 3.97. The molecule has 94 valence electrons. The number of aliphatic hydroxyl groups is 1. The standard InChI is InChI=1S/C9H12N2O5S/c1-5-6(11-2-3-12)4-7-8(10)9(5)16-17(13,14)15-7/h4,11-12H,2-3,10H2,1H3. The minimum Gasteiger partial charge on any atom is -0.395 e. The largest absolute Gasteiger partial charge is 0.501 e. The summed E-state index contributed by atoms with van der Waals surface area (Å²) in [6, 6.07) is 1.46. The molecule has 0 fully saturated rings. The third-order valence-electron chi connectivity index (χ3n) is 2.33. The van der Waals surface area contributed by atoms with E-state index in [1.807, 2.05) is 0 Å². The van der Waals surface area contributed by atoms with Gasteiger partial charge in [0.25, 0.3) is 0 Å². The number of nitrogens with two attached hydrogens (primary N) is 1. The van der Waals surface area contributed by atoms with Crippen molar-refractivity contribution in [3.8, 4) is 11.5 Å². The van der Waals surface area contributed by atoms with Crippen LogP contribution in [0, 0.1) is 6.92 Å². The first-order valence-corrected chi connectivity index (χ1v) is 6.19. The lowest BCUT2D eigenvalue weighted by Gasteiger charge is -2.22. The fourth-order valence-corrected chi connectivity index (χ4v) is 2.34. The van der Waals surface area contributed by atoms with E-state index in [1.54, 1.807) is 6.92 Å². The normalized spacial score (nSPS) is 15.9. The van der Waals surface area contributed by atoms with Crippen LogP contribution in [0.5, 0.6) is 11.5 Å². The number of anilines is 2. The van der Waals surface area contributed by atoms with Gasteiger partial charge in [0.2, 0.25) is 0 Å². The summed E-state index contributed by atoms with van der Waals surface area (Å²) in [6.45, 7) is 1.95. The van der Waals surface area contributed by atoms with Gasteiger partial charge in [-0.2, -0.15) is 0 Å². The van der Waals surface area contributed by atoms with Crippen molar-refractivity contribution < 1.29 is 21.9 Å². The quantitative estimate of drug-likeness (QED) is 0.656. The molecule has 0 saturated heterocycles. The topological polar surface area (TPSA) is 111 Å². The summed E-state index contributed by atoms with van der Waals surface area (Å²) >= 11 is 0. The van der Waals surface area contributed by atoms with Gasteiger partial charge in [-0.05, 0) is 6.92 Å². The fourth-order valence-electron chi connectivity index (χ4n) is 1.53. The molecule has 1 aliphatic heterocycles. The fraction of sp³-hybridized carbons (Fsp3) is 0.333. The Bertz CT molecular complexity index is 555. The van der Waals surface area contributed by atoms with Crippen LogP contribution in [0.25, 0.3) is 0 Å². The van der Waals surface area contributed by atoms with E-state index in [1.165, 1.54) is 6.07 Å². The molecular weight excluding hydrogens is 248 g/mol. The van der Waals surface area contributed by atoms with Gasteiger partial charge >= 0.3 is 10.4 Å². The molecule has 7 nitrogen and oxygen atoms in total. The summed E-state index contributed by atoms with van der Waals surface area (Å²) in [6.07, 6.45) is 0. The molecule has 0 amide bonds. The van der Waals surface area contributed by atoms with E-state index >= 15 is 0 Å². The second-order valence-electron chi connectivity index (χ2n) is 3.52. The number of rotatable bonds is 3. The van der Waals surface area contributed by atoms with E-state index < -0.39 is 10.4 Å². The number of hydrogen-bond donors (Lipinski definition) is 3. The van der Waals surface area contributed by atoms with Crippen molar-refractivity contribution in [1.29, 1.82) is 0 Å². The number of hydrogen-bond acceptors (Lipinski definition) is 7. The molecule has 2 bridgehead atoms. The molecule has 2 rings (SSSR count). The lowest BCUT2D eigenvalue weighted by Crippen LogP contribution is -2.23. The zero-order valence-electron chi connectivity index (χ0n) is 9.06. The van der Waals surface area contributed by atoms with Gasteiger partial charge in [0.1, 0.15) is 5.69 Å². The molecule has 8 heteroatoms. The van der Waals surface area contributed by atoms with Crippen LogP contribution in [0.3, 0.4) is 0 Å². The van der Waals surface area contributed by atoms with Gasteiger partial charge in [0.05, 0.1) is 6.61 Å². The highest BCUT2D eigenvalue weighted by Crippen LogP contribution is 2.44. The van der Waals surface area contributed by atoms with Crippen LogP contribution in [0.4, 0.5) is 11.4 Å². The van der Waals surface area contributed by atoms with Gasteiger partial charge in [0.15, 0.2) is 11.5 Å². The highest BCUT2D eigenvalue weighted by molar-refractivity contribution is 7.82. The minimum absolute atomic E-state index is 0.0253. The number of nitrogen functional groups attached to an aromatic ring is 1. The number of fused-ring (bicyclic) bond motifs is 2. The van der Waals surface area contributed by atoms with Gasteiger partial charge in [-0.25, -0.2) is 0 Å². The van der Waals surface area contributed by atoms with E-state index in [0.29, 0.717) is 17.8 Å². The molecule has 0 atom stereocenters. The molecule has 0 aliphatic carbocycles. The number of nitrogens with one attached hydrogen (secondary N) is 1. The zero-order chi connectivity index (χ0) is 12.6. The van der Waals surface area contributed by atoms with Crippen molar-refractivity contribution in [2.45, 2.75) is 6.92 Å². The number of aliphatic hydroxyl groups excluding tert-OH is 1. The average Bonchev–Trinajstić information content (AvgIpc) is 2.25. The van der Waals surface area contributed by atoms with Gasteiger partial charge in [-0.1, -0.05) is 0 Å². The molecular formula is C9H12N2O5S. The van der Waals surface area contributed by atoms with Crippen molar-refractivity contribution in [2.75, 3.05) is 24.2 Å². The summed E-state index contributed by atoms with van der Waals surface area (Å²) in [5.74, 6) is 0.0893. The van der Waals surface area contributed by atoms with Gasteiger partial charge in [0, 0.05) is 23.9 Å². The molecule has 0 unspecified atom stereocenters. The van der Waals surface area contributed by atoms with Crippen LogP contribution in [0.1, 0.15) is 5.56 Å². The van der Waals surface area contributed by atoms with Crippen LogP contribution in [-0.2, 0) is 10.4 Å². The van der Waals surface area contributed by atoms with Gasteiger partial charge in [-0.15, -0.1) is 8.42 Å². The Labute approximate surface area is 98.5 Å². The molecule has 0 saturated carbocycles. The molecule has 0 aromatic heterocycles. The minimum atomic E-state index is -4.07. The first-order chi connectivity index (χ1) is 7.94. The second-order valence-corrected chi connectivity index (χ2v) is 4.67. The van der Waals surface area contributed by atoms with Crippen LogP contribution in [0.15, 0.2) is 6.07 Å². The summed E-state index contributed by atoms with van der Waals surface area (Å²) in [4.78, 5) is 0. The van der Waals surface area contributed by atoms with E-state index in [-0.39, 0.29) is 23.8 Å². The molecule has 0 spiro atoms. The molecule has 1 aliphatic rings. The van der Waals surface area contributed by atoms with E-state index in [4.69, 9.17) is 10.8 Å². The van der Waals surface area contributed by atoms with Crippen molar-refractivity contribution in [3.05, 3.63) is 11.6 Å². The maximum Gasteiger partial charge on any atom is 0.501 e. The van der Waals surface area contributed by atoms with E-state index in [2.05, 4.69) is 13.7 Å². The van der Waals surface area contributed by atoms with Crippen LogP contribution in [-0.4, -0.2) is 26.7 Å². The first kappa shape index (κ1) is 11.8. The van der Waals surface area contributed by atoms with Crippen LogP contribution < -0.4 is 19.4 Å². The monoisotopic (exact) mass is 260 g/mol. The molecule has 1 aromatic rings. The third-order valence-corrected chi connectivity index (χ3v) is 3.09. The lowest BCUT2D eigenvalue weighted by atomic mass is 10.1. The van der Waals surface area contributed by atoms with Crippen molar-refractivity contribution in [2.24, 2.45) is 0 Å². The Morgan fingerprint density at radius 1 is 1.47 bits per heavy atom. The van der Waals surface area contributed by atoms with Crippen LogP contribution >= 0.6 is 0 Å². The smallest absolute Gasteiger partial charge is 0.395 e. The van der Waals surface area contributed by atoms with Gasteiger partial charge < -0.3 is 24.5 Å². The predicted octanol–water partition coefficient (Wildman–Crippen LogP) is -0.00258. The lowest BCUT2D eigenvalue weighted by molar-refractivity contribution is 0.311. The molecule has 1 heterocycles. The van der Waals surface area contributed by atoms with Crippen molar-refractivity contribution in [3.63, 3.8) is 0 Å². The Morgan fingerprint density at radius 3 is 2.82 bits per heavy atom. The van der Waals surface area contributed by atoms with Crippen molar-refractivity contribution in [1.82, 2.24) is 0 Å². The summed E-state index contributed by atoms with van der Waals surface area (Å²) in [5, 5.41) is 11.6.